The van der Waals surface area contributed by atoms with Crippen molar-refractivity contribution in [1.29, 1.82) is 0 Å². The van der Waals surface area contributed by atoms with Gasteiger partial charge in [0.2, 0.25) is 0 Å². The molecule has 0 saturated carbocycles. The molecule has 1 unspecified atom stereocenters. The molecule has 0 fully saturated rings. The van der Waals surface area contributed by atoms with Gasteiger partial charge in [0.25, 0.3) is 0 Å². The van der Waals surface area contributed by atoms with Gasteiger partial charge in [-0.05, 0) is 12.6 Å². The molecule has 0 spiro atoms. The molecule has 2 rings (SSSR count). The molecule has 1 aromatic carbocycles. The molecule has 0 amide bonds. The van der Waals surface area contributed by atoms with Gasteiger partial charge >= 0.3 is 11.9 Å². The highest BCUT2D eigenvalue weighted by Crippen LogP contribution is 2.43. The van der Waals surface area contributed by atoms with Gasteiger partial charge in [0.1, 0.15) is 11.4 Å². The van der Waals surface area contributed by atoms with E-state index < -0.39 is 5.60 Å². The van der Waals surface area contributed by atoms with Crippen molar-refractivity contribution in [2.75, 3.05) is 6.54 Å². The first-order valence-corrected chi connectivity index (χ1v) is 8.75. The molecular formula is C20H28ClNO4. The molecule has 1 atom stereocenters. The van der Waals surface area contributed by atoms with E-state index in [4.69, 9.17) is 15.2 Å². The number of hydrogen-bond acceptors (Lipinski definition) is 5. The van der Waals surface area contributed by atoms with Crippen LogP contribution in [0.5, 0.6) is 5.75 Å². The standard InChI is InChI=1S/C20H27NO4.ClH/c1-13(2)18(22)24-17-9-5-8-16-15(17)7-6-10-20(16,11-12-21)25-19(23)14(3)4;/h5-9,13-14H,10-12,21H2,1-4H3;1H. The number of fused-ring (bicyclic) bond motifs is 1. The van der Waals surface area contributed by atoms with Crippen LogP contribution in [0.15, 0.2) is 24.3 Å². The highest BCUT2D eigenvalue weighted by molar-refractivity contribution is 5.85. The molecule has 0 saturated heterocycles. The highest BCUT2D eigenvalue weighted by Gasteiger charge is 2.39. The first-order valence-electron chi connectivity index (χ1n) is 8.75. The second-order valence-corrected chi connectivity index (χ2v) is 7.01. The van der Waals surface area contributed by atoms with Crippen molar-refractivity contribution < 1.29 is 19.1 Å². The number of nitrogens with two attached hydrogens (primary N) is 1. The highest BCUT2D eigenvalue weighted by atomic mass is 35.5. The Balaban J connectivity index is 0.00000338. The van der Waals surface area contributed by atoms with Gasteiger partial charge < -0.3 is 15.2 Å². The van der Waals surface area contributed by atoms with Crippen LogP contribution in [0.25, 0.3) is 6.08 Å². The minimum atomic E-state index is -0.819. The van der Waals surface area contributed by atoms with Crippen LogP contribution < -0.4 is 10.5 Å². The first-order chi connectivity index (χ1) is 11.8. The van der Waals surface area contributed by atoms with Gasteiger partial charge in [0.15, 0.2) is 0 Å². The molecule has 2 N–H and O–H groups in total. The predicted molar refractivity (Wildman–Crippen MR) is 104 cm³/mol. The molecule has 0 bridgehead atoms. The van der Waals surface area contributed by atoms with Crippen LogP contribution in [0.3, 0.4) is 0 Å². The summed E-state index contributed by atoms with van der Waals surface area (Å²) in [6.07, 6.45) is 4.91. The van der Waals surface area contributed by atoms with Crippen LogP contribution in [0.1, 0.15) is 51.7 Å². The molecule has 1 aromatic rings. The van der Waals surface area contributed by atoms with E-state index in [0.29, 0.717) is 25.1 Å². The maximum absolute atomic E-state index is 12.3. The summed E-state index contributed by atoms with van der Waals surface area (Å²) in [6, 6.07) is 5.48. The van der Waals surface area contributed by atoms with Crippen LogP contribution >= 0.6 is 12.4 Å². The second-order valence-electron chi connectivity index (χ2n) is 7.01. The molecular weight excluding hydrogens is 354 g/mol. The quantitative estimate of drug-likeness (QED) is 0.598. The second kappa shape index (κ2) is 9.19. The monoisotopic (exact) mass is 381 g/mol. The molecule has 1 aliphatic carbocycles. The van der Waals surface area contributed by atoms with E-state index in [-0.39, 0.29) is 36.2 Å². The minimum Gasteiger partial charge on any atom is -0.454 e. The number of benzene rings is 1. The van der Waals surface area contributed by atoms with Crippen molar-refractivity contribution in [2.45, 2.75) is 46.1 Å². The lowest BCUT2D eigenvalue weighted by atomic mass is 9.80. The van der Waals surface area contributed by atoms with Gasteiger partial charge in [-0.3, -0.25) is 9.59 Å². The Morgan fingerprint density at radius 3 is 2.38 bits per heavy atom. The van der Waals surface area contributed by atoms with Crippen LogP contribution in [0.2, 0.25) is 0 Å². The Morgan fingerprint density at radius 1 is 1.15 bits per heavy atom. The minimum absolute atomic E-state index is 0. The molecule has 0 aromatic heterocycles. The van der Waals surface area contributed by atoms with Crippen molar-refractivity contribution >= 4 is 30.4 Å². The van der Waals surface area contributed by atoms with E-state index in [2.05, 4.69) is 0 Å². The Bertz CT molecular complexity index is 684. The molecule has 5 nitrogen and oxygen atoms in total. The molecule has 0 heterocycles. The fraction of sp³-hybridized carbons (Fsp3) is 0.500. The van der Waals surface area contributed by atoms with Crippen molar-refractivity contribution in [2.24, 2.45) is 17.6 Å². The van der Waals surface area contributed by atoms with Crippen molar-refractivity contribution in [1.82, 2.24) is 0 Å². The molecule has 144 valence electrons. The number of ether oxygens (including phenoxy) is 2. The fourth-order valence-corrected chi connectivity index (χ4v) is 2.83. The van der Waals surface area contributed by atoms with Gasteiger partial charge in [-0.1, -0.05) is 52.0 Å². The van der Waals surface area contributed by atoms with Crippen molar-refractivity contribution in [3.63, 3.8) is 0 Å². The normalized spacial score (nSPS) is 18.3. The van der Waals surface area contributed by atoms with E-state index in [1.54, 1.807) is 33.8 Å². The number of rotatable bonds is 6. The van der Waals surface area contributed by atoms with E-state index >= 15 is 0 Å². The van der Waals surface area contributed by atoms with E-state index in [0.717, 1.165) is 11.1 Å². The number of hydrogen-bond donors (Lipinski definition) is 1. The lowest BCUT2D eigenvalue weighted by Crippen LogP contribution is -2.37. The van der Waals surface area contributed by atoms with Gasteiger partial charge in [0, 0.05) is 24.0 Å². The topological polar surface area (TPSA) is 78.6 Å². The zero-order valence-corrected chi connectivity index (χ0v) is 16.6. The maximum atomic E-state index is 12.3. The smallest absolute Gasteiger partial charge is 0.313 e. The van der Waals surface area contributed by atoms with Crippen LogP contribution in [-0.4, -0.2) is 18.5 Å². The lowest BCUT2D eigenvalue weighted by molar-refractivity contribution is -0.165. The van der Waals surface area contributed by atoms with Gasteiger partial charge in [-0.25, -0.2) is 0 Å². The fourth-order valence-electron chi connectivity index (χ4n) is 2.83. The maximum Gasteiger partial charge on any atom is 0.313 e. The summed E-state index contributed by atoms with van der Waals surface area (Å²) in [5.74, 6) is -0.536. The Morgan fingerprint density at radius 2 is 1.81 bits per heavy atom. The van der Waals surface area contributed by atoms with Gasteiger partial charge in [-0.2, -0.15) is 0 Å². The van der Waals surface area contributed by atoms with Crippen LogP contribution in [-0.2, 0) is 19.9 Å². The predicted octanol–water partition coefficient (Wildman–Crippen LogP) is 3.83. The molecule has 26 heavy (non-hydrogen) atoms. The lowest BCUT2D eigenvalue weighted by Gasteiger charge is -2.37. The van der Waals surface area contributed by atoms with Crippen LogP contribution in [0.4, 0.5) is 0 Å². The SMILES string of the molecule is CC(C)C(=O)Oc1cccc2c1C=CCC2(CCN)OC(=O)C(C)C.Cl. The number of carbonyl (C=O) groups is 2. The number of carbonyl (C=O) groups excluding carboxylic acids is 2. The Labute approximate surface area is 161 Å². The average Bonchev–Trinajstić information content (AvgIpc) is 2.55. The largest absolute Gasteiger partial charge is 0.454 e. The zero-order valence-electron chi connectivity index (χ0n) is 15.8. The van der Waals surface area contributed by atoms with Gasteiger partial charge in [0.05, 0.1) is 11.8 Å². The summed E-state index contributed by atoms with van der Waals surface area (Å²) in [6.45, 7) is 7.57. The number of halogens is 1. The van der Waals surface area contributed by atoms with E-state index in [9.17, 15) is 9.59 Å². The summed E-state index contributed by atoms with van der Waals surface area (Å²) < 4.78 is 11.4. The molecule has 1 aliphatic rings. The molecule has 0 radical (unpaired) electrons. The third-order valence-electron chi connectivity index (χ3n) is 4.29. The molecule has 6 heteroatoms. The third-order valence-corrected chi connectivity index (χ3v) is 4.29. The Hall–Kier alpha value is -1.85. The molecule has 0 aliphatic heterocycles. The summed E-state index contributed by atoms with van der Waals surface area (Å²) >= 11 is 0. The summed E-state index contributed by atoms with van der Waals surface area (Å²) in [4.78, 5) is 24.3. The summed E-state index contributed by atoms with van der Waals surface area (Å²) in [7, 11) is 0. The van der Waals surface area contributed by atoms with Gasteiger partial charge in [-0.15, -0.1) is 12.4 Å². The van der Waals surface area contributed by atoms with E-state index in [1.165, 1.54) is 0 Å². The summed E-state index contributed by atoms with van der Waals surface area (Å²) in [5.41, 5.74) is 6.60. The Kier molecular flexibility index (Phi) is 7.85. The number of esters is 2. The summed E-state index contributed by atoms with van der Waals surface area (Å²) in [5, 5.41) is 0. The van der Waals surface area contributed by atoms with Crippen molar-refractivity contribution in [3.8, 4) is 5.75 Å². The van der Waals surface area contributed by atoms with Crippen molar-refractivity contribution in [3.05, 3.63) is 35.4 Å². The zero-order chi connectivity index (χ0) is 18.6. The average molecular weight is 382 g/mol. The third kappa shape index (κ3) is 4.65. The van der Waals surface area contributed by atoms with Crippen LogP contribution in [0, 0.1) is 11.8 Å². The van der Waals surface area contributed by atoms with E-state index in [1.807, 2.05) is 24.3 Å². The first kappa shape index (κ1) is 22.2.